The zero-order valence-electron chi connectivity index (χ0n) is 13.6. The van der Waals surface area contributed by atoms with Gasteiger partial charge in [-0.1, -0.05) is 49.1 Å². The molecule has 0 unspecified atom stereocenters. The van der Waals surface area contributed by atoms with E-state index in [0.717, 1.165) is 33.7 Å². The maximum absolute atomic E-state index is 12.5. The van der Waals surface area contributed by atoms with Gasteiger partial charge in [0.2, 0.25) is 0 Å². The highest BCUT2D eigenvalue weighted by Crippen LogP contribution is 2.33. The van der Waals surface area contributed by atoms with Crippen LogP contribution in [0, 0.1) is 6.92 Å². The van der Waals surface area contributed by atoms with Crippen molar-refractivity contribution in [1.29, 1.82) is 0 Å². The van der Waals surface area contributed by atoms with Gasteiger partial charge in [0.15, 0.2) is 0 Å². The highest BCUT2D eigenvalue weighted by Gasteiger charge is 2.20. The smallest absolute Gasteiger partial charge is 0.255 e. The lowest BCUT2D eigenvalue weighted by atomic mass is 9.96. The number of nitrogens with one attached hydrogen (secondary N) is 1. The fraction of sp³-hybridized carbons (Fsp3) is 0.0952. The van der Waals surface area contributed by atoms with Crippen molar-refractivity contribution >= 4 is 29.8 Å². The molecular weight excluding hydrogens is 298 g/mol. The summed E-state index contributed by atoms with van der Waals surface area (Å²) in [6, 6.07) is 11.5. The van der Waals surface area contributed by atoms with Crippen LogP contribution in [0.15, 0.2) is 55.1 Å². The van der Waals surface area contributed by atoms with Crippen LogP contribution < -0.4 is 10.1 Å². The van der Waals surface area contributed by atoms with Crippen LogP contribution in [0.1, 0.15) is 22.3 Å². The summed E-state index contributed by atoms with van der Waals surface area (Å²) >= 11 is 0. The van der Waals surface area contributed by atoms with Gasteiger partial charge in [-0.25, -0.2) is 0 Å². The molecule has 1 N–H and O–H groups in total. The largest absolute Gasteiger partial charge is 0.488 e. The minimum atomic E-state index is -0.163. The van der Waals surface area contributed by atoms with E-state index in [9.17, 15) is 4.79 Å². The number of carbonyl (C=O) groups excluding carboxylic acids is 1. The Balaban J connectivity index is 1.92. The number of fused-ring (bicyclic) bond motifs is 1. The molecule has 0 atom stereocenters. The first-order valence-corrected chi connectivity index (χ1v) is 7.75. The second-order valence-corrected chi connectivity index (χ2v) is 5.67. The SMILES string of the molecule is C=Cc1ccc2c(c1C=C)C=C(C(=O)Nc1ccc(C)cc1)CO2. The maximum atomic E-state index is 12.5. The molecule has 0 saturated heterocycles. The third-order valence-electron chi connectivity index (χ3n) is 4.01. The summed E-state index contributed by atoms with van der Waals surface area (Å²) in [5, 5.41) is 2.90. The van der Waals surface area contributed by atoms with Crippen LogP contribution in [0.3, 0.4) is 0 Å². The predicted octanol–water partition coefficient (Wildman–Crippen LogP) is 4.70. The summed E-state index contributed by atoms with van der Waals surface area (Å²) in [5.41, 5.74) is 5.23. The number of benzene rings is 2. The van der Waals surface area contributed by atoms with Gasteiger partial charge in [-0.3, -0.25) is 4.79 Å². The first-order chi connectivity index (χ1) is 11.6. The minimum absolute atomic E-state index is 0.163. The van der Waals surface area contributed by atoms with Crippen LogP contribution >= 0.6 is 0 Å². The third-order valence-corrected chi connectivity index (χ3v) is 4.01. The molecule has 1 amide bonds. The highest BCUT2D eigenvalue weighted by molar-refractivity contribution is 6.08. The van der Waals surface area contributed by atoms with Crippen LogP contribution in [0.5, 0.6) is 5.75 Å². The summed E-state index contributed by atoms with van der Waals surface area (Å²) in [6.45, 7) is 9.93. The third kappa shape index (κ3) is 3.01. The molecule has 0 aromatic heterocycles. The summed E-state index contributed by atoms with van der Waals surface area (Å²) in [6.07, 6.45) is 5.40. The summed E-state index contributed by atoms with van der Waals surface area (Å²) in [7, 11) is 0. The molecule has 0 aliphatic carbocycles. The number of rotatable bonds is 4. The van der Waals surface area contributed by atoms with Gasteiger partial charge >= 0.3 is 0 Å². The lowest BCUT2D eigenvalue weighted by Crippen LogP contribution is -2.21. The Hall–Kier alpha value is -3.07. The van der Waals surface area contributed by atoms with Crippen molar-refractivity contribution in [3.05, 3.63) is 77.4 Å². The van der Waals surface area contributed by atoms with Crippen molar-refractivity contribution in [3.63, 3.8) is 0 Å². The Bertz CT molecular complexity index is 845. The molecule has 0 fully saturated rings. The molecule has 24 heavy (non-hydrogen) atoms. The van der Waals surface area contributed by atoms with Crippen LogP contribution in [-0.4, -0.2) is 12.5 Å². The molecule has 1 aliphatic rings. The van der Waals surface area contributed by atoms with Crippen molar-refractivity contribution in [2.75, 3.05) is 11.9 Å². The van der Waals surface area contributed by atoms with Gasteiger partial charge in [0, 0.05) is 11.3 Å². The fourth-order valence-corrected chi connectivity index (χ4v) is 2.66. The molecule has 0 saturated carbocycles. The number of anilines is 1. The summed E-state index contributed by atoms with van der Waals surface area (Å²) in [4.78, 5) is 12.5. The fourth-order valence-electron chi connectivity index (χ4n) is 2.66. The lowest BCUT2D eigenvalue weighted by Gasteiger charge is -2.20. The van der Waals surface area contributed by atoms with E-state index in [1.807, 2.05) is 49.4 Å². The second-order valence-electron chi connectivity index (χ2n) is 5.67. The Labute approximate surface area is 142 Å². The molecule has 2 aromatic carbocycles. The van der Waals surface area contributed by atoms with Crippen molar-refractivity contribution in [2.45, 2.75) is 6.92 Å². The second kappa shape index (κ2) is 6.59. The van der Waals surface area contributed by atoms with E-state index in [0.29, 0.717) is 5.57 Å². The Morgan fingerprint density at radius 1 is 1.12 bits per heavy atom. The molecule has 0 spiro atoms. The van der Waals surface area contributed by atoms with E-state index in [4.69, 9.17) is 4.74 Å². The normalized spacial score (nSPS) is 12.5. The standard InChI is InChI=1S/C21H19NO2/c1-4-15-8-11-20-19(18(15)5-2)12-16(13-24-20)21(23)22-17-9-6-14(3)7-10-17/h4-12H,1-2,13H2,3H3,(H,22,23). The topological polar surface area (TPSA) is 38.3 Å². The average molecular weight is 317 g/mol. The summed E-state index contributed by atoms with van der Waals surface area (Å²) in [5.74, 6) is 0.589. The first-order valence-electron chi connectivity index (χ1n) is 7.75. The zero-order chi connectivity index (χ0) is 17.1. The van der Waals surface area contributed by atoms with Crippen molar-refractivity contribution in [2.24, 2.45) is 0 Å². The quantitative estimate of drug-likeness (QED) is 0.888. The highest BCUT2D eigenvalue weighted by atomic mass is 16.5. The number of hydrogen-bond donors (Lipinski definition) is 1. The van der Waals surface area contributed by atoms with Crippen molar-refractivity contribution < 1.29 is 9.53 Å². The van der Waals surface area contributed by atoms with E-state index < -0.39 is 0 Å². The van der Waals surface area contributed by atoms with Crippen LogP contribution in [0.4, 0.5) is 5.69 Å². The molecule has 2 aromatic rings. The van der Waals surface area contributed by atoms with Gasteiger partial charge < -0.3 is 10.1 Å². The van der Waals surface area contributed by atoms with Crippen molar-refractivity contribution in [1.82, 2.24) is 0 Å². The lowest BCUT2D eigenvalue weighted by molar-refractivity contribution is -0.113. The number of carbonyl (C=O) groups is 1. The number of hydrogen-bond acceptors (Lipinski definition) is 2. The van der Waals surface area contributed by atoms with Gasteiger partial charge in [0.1, 0.15) is 12.4 Å². The van der Waals surface area contributed by atoms with Crippen LogP contribution in [-0.2, 0) is 4.79 Å². The van der Waals surface area contributed by atoms with Gasteiger partial charge in [-0.15, -0.1) is 0 Å². The predicted molar refractivity (Wildman–Crippen MR) is 99.9 cm³/mol. The van der Waals surface area contributed by atoms with Crippen molar-refractivity contribution in [3.8, 4) is 5.75 Å². The molecule has 1 aliphatic heterocycles. The Morgan fingerprint density at radius 3 is 2.54 bits per heavy atom. The summed E-state index contributed by atoms with van der Waals surface area (Å²) < 4.78 is 5.74. The van der Waals surface area contributed by atoms with E-state index in [-0.39, 0.29) is 12.5 Å². The molecule has 1 heterocycles. The maximum Gasteiger partial charge on any atom is 0.255 e. The van der Waals surface area contributed by atoms with Gasteiger partial charge in [0.25, 0.3) is 5.91 Å². The average Bonchev–Trinajstić information content (AvgIpc) is 2.62. The molecule has 0 bridgehead atoms. The minimum Gasteiger partial charge on any atom is -0.488 e. The monoisotopic (exact) mass is 317 g/mol. The number of amides is 1. The van der Waals surface area contributed by atoms with E-state index in [1.54, 1.807) is 12.2 Å². The molecule has 120 valence electrons. The zero-order valence-corrected chi connectivity index (χ0v) is 13.6. The Morgan fingerprint density at radius 2 is 1.88 bits per heavy atom. The molecule has 0 radical (unpaired) electrons. The van der Waals surface area contributed by atoms with Crippen LogP contribution in [0.2, 0.25) is 0 Å². The first kappa shape index (κ1) is 15.8. The number of ether oxygens (including phenoxy) is 1. The van der Waals surface area contributed by atoms with E-state index in [1.165, 1.54) is 0 Å². The molecule has 3 nitrogen and oxygen atoms in total. The molecule has 3 rings (SSSR count). The molecular formula is C21H19NO2. The number of aryl methyl sites for hydroxylation is 1. The van der Waals surface area contributed by atoms with Gasteiger partial charge in [0.05, 0.1) is 5.57 Å². The van der Waals surface area contributed by atoms with E-state index >= 15 is 0 Å². The van der Waals surface area contributed by atoms with Gasteiger partial charge in [-0.05, 0) is 42.3 Å². The van der Waals surface area contributed by atoms with Gasteiger partial charge in [-0.2, -0.15) is 0 Å². The Kier molecular flexibility index (Phi) is 4.34. The molecule has 3 heteroatoms. The van der Waals surface area contributed by atoms with E-state index in [2.05, 4.69) is 18.5 Å². The van der Waals surface area contributed by atoms with Crippen LogP contribution in [0.25, 0.3) is 18.2 Å².